The Morgan fingerprint density at radius 1 is 1.29 bits per heavy atom. The minimum atomic E-state index is 0. The molecule has 0 atom stereocenters. The molecule has 0 aromatic heterocycles. The first-order valence-corrected chi connectivity index (χ1v) is 2.77. The zero-order valence-electron chi connectivity index (χ0n) is 5.35. The molecule has 0 bridgehead atoms. The van der Waals surface area contributed by atoms with Crippen molar-refractivity contribution in [2.45, 2.75) is 33.6 Å². The molecule has 0 aliphatic rings. The Bertz CT molecular complexity index is 25.4. The zero-order valence-corrected chi connectivity index (χ0v) is 6.45. The van der Waals surface area contributed by atoms with Gasteiger partial charge in [0, 0.05) is 17.1 Å². The molecule has 0 saturated carbocycles. The molecule has 0 amide bonds. The maximum Gasteiger partial charge on any atom is 0 e. The van der Waals surface area contributed by atoms with Crippen LogP contribution in [0.4, 0.5) is 0 Å². The van der Waals surface area contributed by atoms with Crippen LogP contribution in [0.15, 0.2) is 0 Å². The Balaban J connectivity index is 0. The van der Waals surface area contributed by atoms with E-state index in [9.17, 15) is 0 Å². The minimum Gasteiger partial charge on any atom is -0.0654 e. The van der Waals surface area contributed by atoms with Gasteiger partial charge in [-0.3, -0.25) is 0 Å². The van der Waals surface area contributed by atoms with Crippen molar-refractivity contribution in [1.82, 2.24) is 0 Å². The van der Waals surface area contributed by atoms with Gasteiger partial charge in [0.25, 0.3) is 0 Å². The Morgan fingerprint density at radius 2 is 1.71 bits per heavy atom. The van der Waals surface area contributed by atoms with Crippen LogP contribution in [0.2, 0.25) is 0 Å². The van der Waals surface area contributed by atoms with E-state index in [0.717, 1.165) is 5.92 Å². The normalized spacial score (nSPS) is 8.57. The van der Waals surface area contributed by atoms with Gasteiger partial charge >= 0.3 is 0 Å². The van der Waals surface area contributed by atoms with E-state index < -0.39 is 0 Å². The Morgan fingerprint density at radius 3 is 1.71 bits per heavy atom. The summed E-state index contributed by atoms with van der Waals surface area (Å²) in [6, 6.07) is 0. The van der Waals surface area contributed by atoms with Crippen LogP contribution in [-0.4, -0.2) is 0 Å². The van der Waals surface area contributed by atoms with E-state index in [1.165, 1.54) is 12.8 Å². The third-order valence-electron chi connectivity index (χ3n) is 0.866. The fourth-order valence-electron chi connectivity index (χ4n) is 0.577. The van der Waals surface area contributed by atoms with Crippen molar-refractivity contribution >= 4 is 0 Å². The molecular weight excluding hydrogens is 128 g/mol. The average molecular weight is 142 g/mol. The largest absolute Gasteiger partial charge is 0.0654 e. The van der Waals surface area contributed by atoms with Crippen molar-refractivity contribution in [3.8, 4) is 0 Å². The fourth-order valence-corrected chi connectivity index (χ4v) is 0.577. The second-order valence-electron chi connectivity index (χ2n) is 2.18. The summed E-state index contributed by atoms with van der Waals surface area (Å²) in [4.78, 5) is 0. The van der Waals surface area contributed by atoms with E-state index in [2.05, 4.69) is 20.8 Å². The first-order chi connectivity index (χ1) is 2.77. The van der Waals surface area contributed by atoms with Crippen molar-refractivity contribution < 1.29 is 17.1 Å². The molecule has 46 valence electrons. The second kappa shape index (κ2) is 6.52. The van der Waals surface area contributed by atoms with Gasteiger partial charge < -0.3 is 0 Å². The second-order valence-corrected chi connectivity index (χ2v) is 2.18. The van der Waals surface area contributed by atoms with Crippen LogP contribution in [0.3, 0.4) is 0 Å². The van der Waals surface area contributed by atoms with E-state index in [-0.39, 0.29) is 17.1 Å². The molecule has 7 heavy (non-hydrogen) atoms. The maximum absolute atomic E-state index is 2.25. The van der Waals surface area contributed by atoms with E-state index >= 15 is 0 Å². The molecule has 0 aromatic carbocycles. The van der Waals surface area contributed by atoms with Crippen molar-refractivity contribution in [1.29, 1.82) is 0 Å². The predicted octanol–water partition coefficient (Wildman–Crippen LogP) is 2.44. The van der Waals surface area contributed by atoms with Gasteiger partial charge in [-0.15, -0.1) is 0 Å². The number of hydrogen-bond acceptors (Lipinski definition) is 0. The van der Waals surface area contributed by atoms with Gasteiger partial charge in [-0.2, -0.15) is 0 Å². The van der Waals surface area contributed by atoms with E-state index in [1.54, 1.807) is 0 Å². The SMILES string of the molecule is CCCC(C)C.[Fe]. The Kier molecular flexibility index (Phi) is 9.77. The molecule has 0 heterocycles. The third-order valence-corrected chi connectivity index (χ3v) is 0.866. The molecule has 0 spiro atoms. The summed E-state index contributed by atoms with van der Waals surface area (Å²) < 4.78 is 0. The van der Waals surface area contributed by atoms with Gasteiger partial charge in [0.1, 0.15) is 0 Å². The van der Waals surface area contributed by atoms with Crippen LogP contribution in [0.1, 0.15) is 33.6 Å². The maximum atomic E-state index is 2.25. The summed E-state index contributed by atoms with van der Waals surface area (Å²) in [6.07, 6.45) is 2.71. The third kappa shape index (κ3) is 10.8. The molecule has 0 aromatic rings. The fraction of sp³-hybridized carbons (Fsp3) is 1.00. The zero-order chi connectivity index (χ0) is 4.99. The minimum absolute atomic E-state index is 0. The molecule has 0 nitrogen and oxygen atoms in total. The molecular formula is C6H14Fe. The van der Waals surface area contributed by atoms with Gasteiger partial charge in [0.2, 0.25) is 0 Å². The van der Waals surface area contributed by atoms with Crippen LogP contribution >= 0.6 is 0 Å². The number of hydrogen-bond donors (Lipinski definition) is 0. The quantitative estimate of drug-likeness (QED) is 0.519. The van der Waals surface area contributed by atoms with Crippen LogP contribution in [0.25, 0.3) is 0 Å². The van der Waals surface area contributed by atoms with Crippen molar-refractivity contribution in [2.24, 2.45) is 5.92 Å². The first-order valence-electron chi connectivity index (χ1n) is 2.77. The summed E-state index contributed by atoms with van der Waals surface area (Å²) in [5.41, 5.74) is 0. The molecule has 0 rings (SSSR count). The van der Waals surface area contributed by atoms with Crippen LogP contribution in [0.5, 0.6) is 0 Å². The van der Waals surface area contributed by atoms with Crippen molar-refractivity contribution in [2.75, 3.05) is 0 Å². The molecule has 0 saturated heterocycles. The average Bonchev–Trinajstić information content (AvgIpc) is 1.35. The molecule has 0 N–H and O–H groups in total. The van der Waals surface area contributed by atoms with Crippen molar-refractivity contribution in [3.05, 3.63) is 0 Å². The predicted molar refractivity (Wildman–Crippen MR) is 29.7 cm³/mol. The van der Waals surface area contributed by atoms with Crippen LogP contribution < -0.4 is 0 Å². The molecule has 0 unspecified atom stereocenters. The molecule has 1 heteroatoms. The summed E-state index contributed by atoms with van der Waals surface area (Å²) in [7, 11) is 0. The van der Waals surface area contributed by atoms with Gasteiger partial charge in [-0.05, 0) is 5.92 Å². The van der Waals surface area contributed by atoms with Crippen LogP contribution in [0, 0.1) is 5.92 Å². The van der Waals surface area contributed by atoms with E-state index in [4.69, 9.17) is 0 Å². The summed E-state index contributed by atoms with van der Waals surface area (Å²) in [5.74, 6) is 0.898. The van der Waals surface area contributed by atoms with Gasteiger partial charge in [0.15, 0.2) is 0 Å². The standard InChI is InChI=1S/C6H14.Fe/c1-4-5-6(2)3;/h6H,4-5H2,1-3H3;. The molecule has 0 fully saturated rings. The summed E-state index contributed by atoms with van der Waals surface area (Å²) in [5, 5.41) is 0. The Hall–Kier alpha value is 0.519. The van der Waals surface area contributed by atoms with E-state index in [1.807, 2.05) is 0 Å². The molecule has 0 aliphatic carbocycles. The Labute approximate surface area is 57.2 Å². The molecule has 0 aliphatic heterocycles. The number of rotatable bonds is 2. The topological polar surface area (TPSA) is 0 Å². The van der Waals surface area contributed by atoms with E-state index in [0.29, 0.717) is 0 Å². The molecule has 0 radical (unpaired) electrons. The monoisotopic (exact) mass is 142 g/mol. The smallest absolute Gasteiger partial charge is 0 e. The first kappa shape index (κ1) is 10.5. The summed E-state index contributed by atoms with van der Waals surface area (Å²) >= 11 is 0. The van der Waals surface area contributed by atoms with Gasteiger partial charge in [-0.1, -0.05) is 33.6 Å². The summed E-state index contributed by atoms with van der Waals surface area (Å²) in [6.45, 7) is 6.73. The van der Waals surface area contributed by atoms with Gasteiger partial charge in [-0.25, -0.2) is 0 Å². The van der Waals surface area contributed by atoms with Crippen LogP contribution in [-0.2, 0) is 17.1 Å². The van der Waals surface area contributed by atoms with Crippen molar-refractivity contribution in [3.63, 3.8) is 0 Å². The van der Waals surface area contributed by atoms with Gasteiger partial charge in [0.05, 0.1) is 0 Å².